The maximum absolute atomic E-state index is 13.3. The van der Waals surface area contributed by atoms with Crippen LogP contribution in [0.1, 0.15) is 24.5 Å². The predicted molar refractivity (Wildman–Crippen MR) is 127 cm³/mol. The predicted octanol–water partition coefficient (Wildman–Crippen LogP) is 2.92. The lowest BCUT2D eigenvalue weighted by Gasteiger charge is -2.12. The maximum atomic E-state index is 13.3. The lowest BCUT2D eigenvalue weighted by molar-refractivity contribution is -0.121. The van der Waals surface area contributed by atoms with E-state index < -0.39 is 0 Å². The quantitative estimate of drug-likeness (QED) is 0.334. The second-order valence-electron chi connectivity index (χ2n) is 7.12. The van der Waals surface area contributed by atoms with Gasteiger partial charge in [-0.25, -0.2) is 9.97 Å². The number of hydrogen-bond donors (Lipinski definition) is 1. The van der Waals surface area contributed by atoms with Crippen LogP contribution in [-0.2, 0) is 11.3 Å². The van der Waals surface area contributed by atoms with Gasteiger partial charge in [0.1, 0.15) is 15.8 Å². The van der Waals surface area contributed by atoms with Crippen LogP contribution in [0, 0.1) is 6.92 Å². The van der Waals surface area contributed by atoms with Crippen molar-refractivity contribution >= 4 is 51.7 Å². The molecule has 3 aromatic rings. The maximum Gasteiger partial charge on any atom is 0.267 e. The van der Waals surface area contributed by atoms with Crippen molar-refractivity contribution in [2.45, 2.75) is 26.8 Å². The van der Waals surface area contributed by atoms with Crippen molar-refractivity contribution in [3.8, 4) is 0 Å². The Morgan fingerprint density at radius 1 is 1.29 bits per heavy atom. The second kappa shape index (κ2) is 9.03. The summed E-state index contributed by atoms with van der Waals surface area (Å²) in [5.74, 6) is 0.276. The van der Waals surface area contributed by atoms with Gasteiger partial charge in [0.25, 0.3) is 11.5 Å². The van der Waals surface area contributed by atoms with Crippen molar-refractivity contribution in [3.05, 3.63) is 63.4 Å². The summed E-state index contributed by atoms with van der Waals surface area (Å²) in [4.78, 5) is 36.6. The standard InChI is InChI=1S/C21H22N6O2S2/c1-3-26-20(29)16(31-21(26)30)11-15-18(23-7-4-9-25-10-8-22-13-25)24-17-6-5-14(2)12-27(17)19(15)28/h5-6,8,10-13,23H,3-4,7,9H2,1-2H3/b16-11-. The van der Waals surface area contributed by atoms with Crippen LogP contribution < -0.4 is 10.9 Å². The van der Waals surface area contributed by atoms with Crippen LogP contribution in [0.15, 0.2) is 46.8 Å². The SMILES string of the molecule is CCN1C(=O)/C(=C/c2c(NCCCn3ccnc3)nc3ccc(C)cn3c2=O)SC1=S. The van der Waals surface area contributed by atoms with Crippen molar-refractivity contribution in [3.63, 3.8) is 0 Å². The van der Waals surface area contributed by atoms with E-state index in [4.69, 9.17) is 12.2 Å². The first-order valence-corrected chi connectivity index (χ1v) is 11.2. The number of imidazole rings is 1. The number of likely N-dealkylation sites (N-methyl/N-ethyl adjacent to an activating group) is 1. The van der Waals surface area contributed by atoms with Crippen molar-refractivity contribution in [2.75, 3.05) is 18.4 Å². The van der Waals surface area contributed by atoms with Gasteiger partial charge in [0.15, 0.2) is 0 Å². The van der Waals surface area contributed by atoms with E-state index in [1.165, 1.54) is 21.1 Å². The van der Waals surface area contributed by atoms with Gasteiger partial charge in [0.2, 0.25) is 0 Å². The van der Waals surface area contributed by atoms with Crippen molar-refractivity contribution in [1.29, 1.82) is 0 Å². The van der Waals surface area contributed by atoms with Gasteiger partial charge in [-0.05, 0) is 38.0 Å². The average Bonchev–Trinajstić information content (AvgIpc) is 3.36. The Hall–Kier alpha value is -2.98. The number of thiocarbonyl (C=S) groups is 1. The lowest BCUT2D eigenvalue weighted by atomic mass is 10.2. The van der Waals surface area contributed by atoms with Crippen LogP contribution in [0.25, 0.3) is 11.7 Å². The minimum absolute atomic E-state index is 0.183. The van der Waals surface area contributed by atoms with Gasteiger partial charge in [-0.1, -0.05) is 30.0 Å². The minimum Gasteiger partial charge on any atom is -0.369 e. The molecule has 0 spiro atoms. The number of pyridine rings is 1. The molecule has 1 N–H and O–H groups in total. The summed E-state index contributed by atoms with van der Waals surface area (Å²) in [5.41, 5.74) is 1.61. The number of rotatable bonds is 7. The Kier molecular flexibility index (Phi) is 6.19. The van der Waals surface area contributed by atoms with E-state index in [2.05, 4.69) is 15.3 Å². The summed E-state index contributed by atoms with van der Waals surface area (Å²) in [7, 11) is 0. The Labute approximate surface area is 189 Å². The van der Waals surface area contributed by atoms with Crippen molar-refractivity contribution < 1.29 is 4.79 Å². The molecule has 31 heavy (non-hydrogen) atoms. The third-order valence-electron chi connectivity index (χ3n) is 4.92. The molecule has 0 aliphatic carbocycles. The van der Waals surface area contributed by atoms with Gasteiger partial charge >= 0.3 is 0 Å². The smallest absolute Gasteiger partial charge is 0.267 e. The van der Waals surface area contributed by atoms with E-state index in [9.17, 15) is 9.59 Å². The molecule has 1 aliphatic heterocycles. The van der Waals surface area contributed by atoms with Crippen LogP contribution in [0.4, 0.5) is 5.82 Å². The summed E-state index contributed by atoms with van der Waals surface area (Å²) < 4.78 is 4.00. The molecule has 1 aliphatic rings. The molecule has 0 radical (unpaired) electrons. The summed E-state index contributed by atoms with van der Waals surface area (Å²) in [5, 5.41) is 3.28. The molecule has 8 nitrogen and oxygen atoms in total. The largest absolute Gasteiger partial charge is 0.369 e. The highest BCUT2D eigenvalue weighted by atomic mass is 32.2. The average molecular weight is 455 g/mol. The Morgan fingerprint density at radius 2 is 2.13 bits per heavy atom. The number of anilines is 1. The highest BCUT2D eigenvalue weighted by Crippen LogP contribution is 2.32. The second-order valence-corrected chi connectivity index (χ2v) is 8.80. The molecule has 1 saturated heterocycles. The minimum atomic E-state index is -0.229. The van der Waals surface area contributed by atoms with E-state index >= 15 is 0 Å². The van der Waals surface area contributed by atoms with Gasteiger partial charge < -0.3 is 9.88 Å². The summed E-state index contributed by atoms with van der Waals surface area (Å²) in [6, 6.07) is 3.73. The number of fused-ring (bicyclic) bond motifs is 1. The van der Waals surface area contributed by atoms with E-state index in [0.717, 1.165) is 18.5 Å². The van der Waals surface area contributed by atoms with Crippen LogP contribution in [0.2, 0.25) is 0 Å². The topological polar surface area (TPSA) is 84.5 Å². The van der Waals surface area contributed by atoms with Gasteiger partial charge in [-0.3, -0.25) is 18.9 Å². The van der Waals surface area contributed by atoms with Crippen LogP contribution in [0.5, 0.6) is 0 Å². The fourth-order valence-corrected chi connectivity index (χ4v) is 4.68. The van der Waals surface area contributed by atoms with Crippen LogP contribution in [0.3, 0.4) is 0 Å². The van der Waals surface area contributed by atoms with Crippen LogP contribution >= 0.6 is 24.0 Å². The molecule has 0 saturated carbocycles. The number of amides is 1. The number of carbonyl (C=O) groups excluding carboxylic acids is 1. The third-order valence-corrected chi connectivity index (χ3v) is 6.29. The number of aromatic nitrogens is 4. The van der Waals surface area contributed by atoms with Crippen LogP contribution in [-0.4, -0.2) is 47.2 Å². The Bertz CT molecular complexity index is 1230. The molecule has 0 unspecified atom stereocenters. The molecule has 3 aromatic heterocycles. The zero-order valence-corrected chi connectivity index (χ0v) is 18.9. The highest BCUT2D eigenvalue weighted by molar-refractivity contribution is 8.26. The molecule has 160 valence electrons. The number of thioether (sulfide) groups is 1. The van der Waals surface area contributed by atoms with Crippen molar-refractivity contribution in [1.82, 2.24) is 23.8 Å². The zero-order valence-electron chi connectivity index (χ0n) is 17.2. The number of carbonyl (C=O) groups is 1. The number of nitrogens with one attached hydrogen (secondary N) is 1. The molecular formula is C21H22N6O2S2. The third kappa shape index (κ3) is 4.40. The molecule has 1 fully saturated rings. The fraction of sp³-hybridized carbons (Fsp3) is 0.286. The molecule has 0 bridgehead atoms. The fourth-order valence-electron chi connectivity index (χ4n) is 3.31. The summed E-state index contributed by atoms with van der Waals surface area (Å²) >= 11 is 6.51. The normalized spacial score (nSPS) is 15.4. The highest BCUT2D eigenvalue weighted by Gasteiger charge is 2.31. The zero-order chi connectivity index (χ0) is 22.0. The molecule has 4 heterocycles. The van der Waals surface area contributed by atoms with Crippen molar-refractivity contribution in [2.24, 2.45) is 0 Å². The first-order valence-electron chi connectivity index (χ1n) is 9.96. The molecule has 4 rings (SSSR count). The van der Waals surface area contributed by atoms with Gasteiger partial charge in [-0.2, -0.15) is 0 Å². The number of nitrogens with zero attached hydrogens (tertiary/aromatic N) is 5. The first-order chi connectivity index (χ1) is 15.0. The van der Waals surface area contributed by atoms with Gasteiger partial charge in [0, 0.05) is 38.2 Å². The lowest BCUT2D eigenvalue weighted by Crippen LogP contribution is -2.27. The molecule has 0 atom stereocenters. The number of hydrogen-bond acceptors (Lipinski definition) is 7. The number of aryl methyl sites for hydroxylation is 2. The van der Waals surface area contributed by atoms with E-state index in [1.807, 2.05) is 36.7 Å². The molecule has 10 heteroatoms. The van der Waals surface area contributed by atoms with E-state index in [1.54, 1.807) is 24.8 Å². The molecule has 0 aromatic carbocycles. The molecule has 1 amide bonds. The Balaban J connectivity index is 1.69. The molecular weight excluding hydrogens is 432 g/mol. The van der Waals surface area contributed by atoms with Gasteiger partial charge in [0.05, 0.1) is 16.8 Å². The van der Waals surface area contributed by atoms with Gasteiger partial charge in [-0.15, -0.1) is 0 Å². The Morgan fingerprint density at radius 3 is 2.84 bits per heavy atom. The summed E-state index contributed by atoms with van der Waals surface area (Å²) in [6.07, 6.45) is 9.60. The summed E-state index contributed by atoms with van der Waals surface area (Å²) in [6.45, 7) is 5.69. The van der Waals surface area contributed by atoms with E-state index in [0.29, 0.717) is 39.3 Å². The van der Waals surface area contributed by atoms with E-state index in [-0.39, 0.29) is 11.5 Å². The first kappa shape index (κ1) is 21.3. The monoisotopic (exact) mass is 454 g/mol.